The van der Waals surface area contributed by atoms with Gasteiger partial charge in [-0.1, -0.05) is 30.5 Å². The largest absolute Gasteiger partial charge is 0.476 e. The van der Waals surface area contributed by atoms with E-state index < -0.39 is 21.5 Å². The first-order valence-electron chi connectivity index (χ1n) is 16.8. The van der Waals surface area contributed by atoms with Gasteiger partial charge in [0.05, 0.1) is 12.2 Å². The number of aromatic nitrogens is 4. The molecule has 1 saturated carbocycles. The first kappa shape index (κ1) is 36.4. The molecule has 3 aromatic rings. The van der Waals surface area contributed by atoms with Gasteiger partial charge >= 0.3 is 6.09 Å². The van der Waals surface area contributed by atoms with Gasteiger partial charge in [0.15, 0.2) is 10.8 Å². The molecule has 0 bridgehead atoms. The predicted octanol–water partition coefficient (Wildman–Crippen LogP) is 6.37. The summed E-state index contributed by atoms with van der Waals surface area (Å²) >= 11 is 6.32. The fourth-order valence-corrected chi connectivity index (χ4v) is 7.47. The number of sulfonamides is 1. The van der Waals surface area contributed by atoms with Crippen molar-refractivity contribution in [2.45, 2.75) is 108 Å². The van der Waals surface area contributed by atoms with E-state index in [1.165, 1.54) is 41.8 Å². The number of carbonyl (C=O) groups is 2. The monoisotopic (exact) mass is 715 g/mol. The number of halogens is 1. The molecule has 2 amide bonds. The van der Waals surface area contributed by atoms with Crippen molar-refractivity contribution in [3.05, 3.63) is 53.3 Å². The first-order valence-corrected chi connectivity index (χ1v) is 18.6. The Labute approximate surface area is 293 Å². The molecule has 2 fully saturated rings. The summed E-state index contributed by atoms with van der Waals surface area (Å²) in [5.74, 6) is 0.736. The highest BCUT2D eigenvalue weighted by molar-refractivity contribution is 7.90. The van der Waals surface area contributed by atoms with E-state index in [4.69, 9.17) is 21.1 Å². The zero-order chi connectivity index (χ0) is 35.4. The SMILES string of the molecule is CC(C)(C)OC(=O)N1C(CCCNc2cccc(S(=O)(=O)NC(=O)c3ccc(-n4ccc(OCC5CCCC5)n4)nc3Cl)n2)CCC1(C)C. The molecule has 1 aliphatic carbocycles. The summed E-state index contributed by atoms with van der Waals surface area (Å²) in [5.41, 5.74) is -1.00. The van der Waals surface area contributed by atoms with Crippen molar-refractivity contribution in [3.8, 4) is 11.7 Å². The molecule has 0 spiro atoms. The third kappa shape index (κ3) is 9.41. The summed E-state index contributed by atoms with van der Waals surface area (Å²) in [6.07, 6.45) is 9.35. The summed E-state index contributed by atoms with van der Waals surface area (Å²) in [5, 5.41) is 7.01. The van der Waals surface area contributed by atoms with Gasteiger partial charge in [-0.25, -0.2) is 24.2 Å². The molecule has 49 heavy (non-hydrogen) atoms. The minimum atomic E-state index is -4.34. The van der Waals surface area contributed by atoms with Crippen LogP contribution in [0.25, 0.3) is 5.82 Å². The summed E-state index contributed by atoms with van der Waals surface area (Å²) in [7, 11) is -4.34. The molecule has 1 saturated heterocycles. The number of ether oxygens (including phenoxy) is 2. The molecular formula is C34H46ClN7O6S. The van der Waals surface area contributed by atoms with E-state index >= 15 is 0 Å². The highest BCUT2D eigenvalue weighted by Gasteiger charge is 2.44. The lowest BCUT2D eigenvalue weighted by molar-refractivity contribution is 0.00293. The van der Waals surface area contributed by atoms with E-state index in [0.717, 1.165) is 32.1 Å². The maximum Gasteiger partial charge on any atom is 0.410 e. The van der Waals surface area contributed by atoms with Gasteiger partial charge < -0.3 is 19.7 Å². The molecule has 0 radical (unpaired) electrons. The van der Waals surface area contributed by atoms with Crippen molar-refractivity contribution in [3.63, 3.8) is 0 Å². The van der Waals surface area contributed by atoms with E-state index in [9.17, 15) is 18.0 Å². The second-order valence-corrected chi connectivity index (χ2v) is 16.3. The maximum atomic E-state index is 13.1. The zero-order valence-electron chi connectivity index (χ0n) is 28.7. The Hall–Kier alpha value is -3.91. The van der Waals surface area contributed by atoms with Gasteiger partial charge in [-0.05, 0) is 103 Å². The Kier molecular flexibility index (Phi) is 11.1. The average molecular weight is 716 g/mol. The number of hydrogen-bond donors (Lipinski definition) is 2. The van der Waals surface area contributed by atoms with Gasteiger partial charge in [0, 0.05) is 30.4 Å². The normalized spacial score (nSPS) is 18.0. The second-order valence-electron chi connectivity index (χ2n) is 14.3. The van der Waals surface area contributed by atoms with Crippen LogP contribution < -0.4 is 14.8 Å². The van der Waals surface area contributed by atoms with Crippen LogP contribution in [0.2, 0.25) is 5.15 Å². The Morgan fingerprint density at radius 1 is 1.06 bits per heavy atom. The standard InChI is InChI=1S/C34H46ClN7O6S/c1-33(2,3)48-32(44)42-24(17-19-34(42,4)5)12-9-20-36-26-13-8-14-29(37-26)49(45,46)40-31(43)25-15-16-27(38-30(25)35)41-21-18-28(39-41)47-22-23-10-6-7-11-23/h8,13-16,18,21,23-24H,6-7,9-12,17,19-20,22H2,1-5H3,(H,36,37)(H,40,43). The molecule has 266 valence electrons. The van der Waals surface area contributed by atoms with Crippen molar-refractivity contribution in [1.29, 1.82) is 0 Å². The summed E-state index contributed by atoms with van der Waals surface area (Å²) < 4.78 is 41.3. The molecule has 15 heteroatoms. The van der Waals surface area contributed by atoms with E-state index in [0.29, 0.717) is 43.0 Å². The lowest BCUT2D eigenvalue weighted by Crippen LogP contribution is -2.49. The topological polar surface area (TPSA) is 158 Å². The highest BCUT2D eigenvalue weighted by Crippen LogP contribution is 2.36. The molecule has 3 aromatic heterocycles. The molecule has 2 aliphatic rings. The third-order valence-electron chi connectivity index (χ3n) is 8.76. The van der Waals surface area contributed by atoms with Crippen molar-refractivity contribution in [1.82, 2.24) is 29.4 Å². The van der Waals surface area contributed by atoms with Crippen molar-refractivity contribution in [2.75, 3.05) is 18.5 Å². The van der Waals surface area contributed by atoms with Crippen LogP contribution in [0.3, 0.4) is 0 Å². The lowest BCUT2D eigenvalue weighted by atomic mass is 10.0. The number of nitrogens with one attached hydrogen (secondary N) is 2. The fraction of sp³-hybridized carbons (Fsp3) is 0.559. The molecule has 5 rings (SSSR count). The van der Waals surface area contributed by atoms with E-state index in [1.807, 2.05) is 44.2 Å². The Morgan fingerprint density at radius 2 is 1.82 bits per heavy atom. The quantitative estimate of drug-likeness (QED) is 0.159. The number of rotatable bonds is 12. The predicted molar refractivity (Wildman–Crippen MR) is 186 cm³/mol. The van der Waals surface area contributed by atoms with Crippen LogP contribution in [-0.4, -0.2) is 75.4 Å². The van der Waals surface area contributed by atoms with Gasteiger partial charge in [0.1, 0.15) is 16.6 Å². The Balaban J connectivity index is 1.14. The number of carbonyl (C=O) groups excluding carboxylic acids is 2. The Morgan fingerprint density at radius 3 is 2.53 bits per heavy atom. The molecular weight excluding hydrogens is 670 g/mol. The van der Waals surface area contributed by atoms with Gasteiger partial charge in [-0.15, -0.1) is 5.10 Å². The van der Waals surface area contributed by atoms with Crippen LogP contribution >= 0.6 is 11.6 Å². The molecule has 2 N–H and O–H groups in total. The van der Waals surface area contributed by atoms with Crippen LogP contribution in [-0.2, 0) is 14.8 Å². The molecule has 4 heterocycles. The third-order valence-corrected chi connectivity index (χ3v) is 10.3. The fourth-order valence-electron chi connectivity index (χ4n) is 6.30. The molecule has 13 nitrogen and oxygen atoms in total. The number of anilines is 1. The molecule has 0 aromatic carbocycles. The van der Waals surface area contributed by atoms with Gasteiger partial charge in [0.2, 0.25) is 5.88 Å². The maximum absolute atomic E-state index is 13.1. The van der Waals surface area contributed by atoms with Crippen LogP contribution in [0, 0.1) is 5.92 Å². The number of amides is 2. The van der Waals surface area contributed by atoms with Gasteiger partial charge in [-0.3, -0.25) is 4.79 Å². The van der Waals surface area contributed by atoms with Gasteiger partial charge in [-0.2, -0.15) is 8.42 Å². The van der Waals surface area contributed by atoms with Crippen molar-refractivity contribution < 1.29 is 27.5 Å². The minimum absolute atomic E-state index is 0.0363. The van der Waals surface area contributed by atoms with Crippen LogP contribution in [0.4, 0.5) is 10.6 Å². The average Bonchev–Trinajstić information content (AvgIpc) is 3.78. The molecule has 1 unspecified atom stereocenters. The van der Waals surface area contributed by atoms with Gasteiger partial charge in [0.25, 0.3) is 15.9 Å². The van der Waals surface area contributed by atoms with Crippen molar-refractivity contribution >= 4 is 39.4 Å². The number of hydrogen-bond acceptors (Lipinski definition) is 10. The highest BCUT2D eigenvalue weighted by atomic mass is 35.5. The van der Waals surface area contributed by atoms with Crippen LogP contribution in [0.5, 0.6) is 5.88 Å². The summed E-state index contributed by atoms with van der Waals surface area (Å²) in [4.78, 5) is 36.3. The minimum Gasteiger partial charge on any atom is -0.476 e. The zero-order valence-corrected chi connectivity index (χ0v) is 30.3. The van der Waals surface area contributed by atoms with E-state index in [-0.39, 0.29) is 33.4 Å². The van der Waals surface area contributed by atoms with Crippen LogP contribution in [0.15, 0.2) is 47.6 Å². The van der Waals surface area contributed by atoms with E-state index in [1.54, 1.807) is 18.3 Å². The van der Waals surface area contributed by atoms with Crippen LogP contribution in [0.1, 0.15) is 96.3 Å². The van der Waals surface area contributed by atoms with E-state index in [2.05, 4.69) is 20.4 Å². The second kappa shape index (κ2) is 14.9. The number of pyridine rings is 2. The summed E-state index contributed by atoms with van der Waals surface area (Å²) in [6, 6.07) is 9.15. The number of likely N-dealkylation sites (tertiary alicyclic amines) is 1. The first-order chi connectivity index (χ1) is 23.1. The van der Waals surface area contributed by atoms with Crippen molar-refractivity contribution in [2.24, 2.45) is 5.92 Å². The molecule has 1 atom stereocenters. The Bertz CT molecular complexity index is 1750. The smallest absolute Gasteiger partial charge is 0.410 e. The number of nitrogens with zero attached hydrogens (tertiary/aromatic N) is 5. The molecule has 1 aliphatic heterocycles. The summed E-state index contributed by atoms with van der Waals surface area (Å²) in [6.45, 7) is 10.8. The lowest BCUT2D eigenvalue weighted by Gasteiger charge is -2.37.